The third-order valence-corrected chi connectivity index (χ3v) is 4.48. The van der Waals surface area contributed by atoms with Gasteiger partial charge in [-0.3, -0.25) is 4.79 Å². The van der Waals surface area contributed by atoms with Crippen molar-refractivity contribution in [3.05, 3.63) is 35.9 Å². The summed E-state index contributed by atoms with van der Waals surface area (Å²) in [5, 5.41) is 3.04. The lowest BCUT2D eigenvalue weighted by molar-refractivity contribution is -0.126. The van der Waals surface area contributed by atoms with E-state index in [9.17, 15) is 4.79 Å². The van der Waals surface area contributed by atoms with E-state index < -0.39 is 0 Å². The molecule has 2 rings (SSSR count). The summed E-state index contributed by atoms with van der Waals surface area (Å²) in [4.78, 5) is 12.0. The van der Waals surface area contributed by atoms with Crippen molar-refractivity contribution in [1.82, 2.24) is 5.32 Å². The van der Waals surface area contributed by atoms with Crippen LogP contribution < -0.4 is 11.1 Å². The van der Waals surface area contributed by atoms with Crippen LogP contribution >= 0.6 is 12.4 Å². The largest absolute Gasteiger partial charge is 0.381 e. The Morgan fingerprint density at radius 2 is 1.96 bits per heavy atom. The van der Waals surface area contributed by atoms with Crippen LogP contribution in [0.2, 0.25) is 0 Å². The number of halogens is 1. The van der Waals surface area contributed by atoms with Crippen molar-refractivity contribution in [2.24, 2.45) is 11.7 Å². The smallest absolute Gasteiger partial charge is 0.223 e. The van der Waals surface area contributed by atoms with E-state index >= 15 is 0 Å². The second-order valence-electron chi connectivity index (χ2n) is 6.47. The van der Waals surface area contributed by atoms with Crippen LogP contribution in [0.4, 0.5) is 0 Å². The number of rotatable bonds is 9. The van der Waals surface area contributed by atoms with E-state index in [1.54, 1.807) is 0 Å². The molecule has 1 aromatic carbocycles. The van der Waals surface area contributed by atoms with Gasteiger partial charge in [-0.2, -0.15) is 0 Å². The van der Waals surface area contributed by atoms with Crippen molar-refractivity contribution in [3.63, 3.8) is 0 Å². The summed E-state index contributed by atoms with van der Waals surface area (Å²) >= 11 is 0. The monoisotopic (exact) mass is 354 g/mol. The molecular weight excluding hydrogens is 324 g/mol. The summed E-state index contributed by atoms with van der Waals surface area (Å²) in [5.74, 6) is 0.311. The molecule has 3 N–H and O–H groups in total. The topological polar surface area (TPSA) is 64.4 Å². The van der Waals surface area contributed by atoms with E-state index in [4.69, 9.17) is 10.5 Å². The lowest BCUT2D eigenvalue weighted by atomic mass is 9.85. The van der Waals surface area contributed by atoms with Gasteiger partial charge in [-0.1, -0.05) is 36.8 Å². The molecule has 0 radical (unpaired) electrons. The lowest BCUT2D eigenvalue weighted by Gasteiger charge is -2.25. The molecule has 2 atom stereocenters. The molecule has 1 aromatic rings. The number of amides is 1. The molecule has 0 saturated heterocycles. The molecule has 4 nitrogen and oxygen atoms in total. The molecule has 136 valence electrons. The Balaban J connectivity index is 0.00000288. The van der Waals surface area contributed by atoms with Gasteiger partial charge in [0.1, 0.15) is 0 Å². The maximum atomic E-state index is 12.0. The van der Waals surface area contributed by atoms with Gasteiger partial charge in [-0.15, -0.1) is 12.4 Å². The number of carbonyl (C=O) groups excluding carboxylic acids is 1. The van der Waals surface area contributed by atoms with Crippen molar-refractivity contribution in [2.45, 2.75) is 51.0 Å². The molecule has 1 amide bonds. The van der Waals surface area contributed by atoms with Gasteiger partial charge in [0.05, 0.1) is 6.61 Å². The van der Waals surface area contributed by atoms with Crippen molar-refractivity contribution in [1.29, 1.82) is 0 Å². The second kappa shape index (κ2) is 12.3. The van der Waals surface area contributed by atoms with Crippen LogP contribution in [0.1, 0.15) is 44.1 Å². The highest BCUT2D eigenvalue weighted by atomic mass is 35.5. The fraction of sp³-hybridized carbons (Fsp3) is 0.632. The third-order valence-electron chi connectivity index (χ3n) is 4.48. The number of unbranched alkanes of at least 4 members (excludes halogenated alkanes) is 1. The summed E-state index contributed by atoms with van der Waals surface area (Å²) < 4.78 is 5.65. The Morgan fingerprint density at radius 3 is 2.71 bits per heavy atom. The van der Waals surface area contributed by atoms with E-state index in [0.29, 0.717) is 0 Å². The molecule has 1 aliphatic carbocycles. The van der Waals surface area contributed by atoms with Gasteiger partial charge in [0.25, 0.3) is 0 Å². The van der Waals surface area contributed by atoms with Crippen molar-refractivity contribution < 1.29 is 9.53 Å². The van der Waals surface area contributed by atoms with Gasteiger partial charge in [-0.25, -0.2) is 0 Å². The quantitative estimate of drug-likeness (QED) is 0.670. The fourth-order valence-corrected chi connectivity index (χ4v) is 3.09. The normalized spacial score (nSPS) is 20.2. The first kappa shape index (κ1) is 20.9. The number of ether oxygens (including phenoxy) is 1. The molecule has 2 unspecified atom stereocenters. The van der Waals surface area contributed by atoms with E-state index in [0.717, 1.165) is 64.7 Å². The van der Waals surface area contributed by atoms with Crippen molar-refractivity contribution in [2.75, 3.05) is 19.8 Å². The zero-order chi connectivity index (χ0) is 16.3. The van der Waals surface area contributed by atoms with Crippen LogP contribution in [0, 0.1) is 5.92 Å². The molecule has 0 spiro atoms. The number of nitrogens with two attached hydrogens (primary N) is 1. The molecule has 1 fully saturated rings. The Bertz CT molecular complexity index is 456. The van der Waals surface area contributed by atoms with Crippen molar-refractivity contribution in [3.8, 4) is 0 Å². The third kappa shape index (κ3) is 8.13. The predicted octanol–water partition coefficient (Wildman–Crippen LogP) is 3.08. The number of nitrogens with one attached hydrogen (secondary N) is 1. The minimum absolute atomic E-state index is 0. The van der Waals surface area contributed by atoms with Gasteiger partial charge in [-0.05, 0) is 44.1 Å². The van der Waals surface area contributed by atoms with Crippen LogP contribution in [-0.4, -0.2) is 31.7 Å². The first-order chi connectivity index (χ1) is 11.3. The Morgan fingerprint density at radius 1 is 1.17 bits per heavy atom. The molecule has 0 bridgehead atoms. The summed E-state index contributed by atoms with van der Waals surface area (Å²) in [6, 6.07) is 10.6. The summed E-state index contributed by atoms with van der Waals surface area (Å²) in [5.41, 5.74) is 7.24. The second-order valence-corrected chi connectivity index (χ2v) is 6.47. The van der Waals surface area contributed by atoms with Crippen molar-refractivity contribution >= 4 is 18.3 Å². The highest BCUT2D eigenvalue weighted by Gasteiger charge is 2.24. The average molecular weight is 355 g/mol. The average Bonchev–Trinajstić information content (AvgIpc) is 2.58. The standard InChI is InChI=1S/C19H30N2O2.ClH/c20-18-10-6-9-17(15-18)19(22)21-12-4-5-13-23-14-11-16-7-2-1-3-8-16;/h1-3,7-8,17-18H,4-6,9-15,20H2,(H,21,22);1H. The van der Waals surface area contributed by atoms with E-state index in [1.807, 2.05) is 6.07 Å². The van der Waals surface area contributed by atoms with Crippen LogP contribution in [0.25, 0.3) is 0 Å². The Labute approximate surface area is 151 Å². The Kier molecular flexibility index (Phi) is 10.7. The lowest BCUT2D eigenvalue weighted by Crippen LogP contribution is -2.38. The van der Waals surface area contributed by atoms with Gasteiger partial charge >= 0.3 is 0 Å². The summed E-state index contributed by atoms with van der Waals surface area (Å²) in [7, 11) is 0. The maximum absolute atomic E-state index is 12.0. The van der Waals surface area contributed by atoms with Gasteiger partial charge in [0.15, 0.2) is 0 Å². The molecule has 1 aliphatic rings. The number of hydrogen-bond acceptors (Lipinski definition) is 3. The van der Waals surface area contributed by atoms with Crippen LogP contribution in [0.3, 0.4) is 0 Å². The van der Waals surface area contributed by atoms with Gasteiger partial charge in [0.2, 0.25) is 5.91 Å². The number of hydrogen-bond donors (Lipinski definition) is 2. The SMILES string of the molecule is Cl.NC1CCCC(C(=O)NCCCCOCCc2ccccc2)C1. The molecule has 5 heteroatoms. The minimum atomic E-state index is 0. The van der Waals surface area contributed by atoms with Crippen LogP contribution in [0.15, 0.2) is 30.3 Å². The fourth-order valence-electron chi connectivity index (χ4n) is 3.09. The zero-order valence-electron chi connectivity index (χ0n) is 14.4. The van der Waals surface area contributed by atoms with Gasteiger partial charge < -0.3 is 15.8 Å². The van der Waals surface area contributed by atoms with E-state index in [2.05, 4.69) is 29.6 Å². The highest BCUT2D eigenvalue weighted by Crippen LogP contribution is 2.23. The summed E-state index contributed by atoms with van der Waals surface area (Å²) in [6.07, 6.45) is 6.88. The molecule has 0 heterocycles. The molecule has 0 aliphatic heterocycles. The van der Waals surface area contributed by atoms with E-state index in [1.165, 1.54) is 5.56 Å². The minimum Gasteiger partial charge on any atom is -0.381 e. The van der Waals surface area contributed by atoms with E-state index in [-0.39, 0.29) is 30.3 Å². The first-order valence-corrected chi connectivity index (χ1v) is 8.90. The zero-order valence-corrected chi connectivity index (χ0v) is 15.2. The van der Waals surface area contributed by atoms with Gasteiger partial charge in [0, 0.05) is 25.1 Å². The maximum Gasteiger partial charge on any atom is 0.223 e. The van der Waals surface area contributed by atoms with Crippen LogP contribution in [0.5, 0.6) is 0 Å². The van der Waals surface area contributed by atoms with Crippen LogP contribution in [-0.2, 0) is 16.0 Å². The molecule has 24 heavy (non-hydrogen) atoms. The molecule has 1 saturated carbocycles. The molecule has 0 aromatic heterocycles. The molecular formula is C19H31ClN2O2. The predicted molar refractivity (Wildman–Crippen MR) is 100 cm³/mol. The summed E-state index contributed by atoms with van der Waals surface area (Å²) in [6.45, 7) is 2.26. The number of benzene rings is 1. The first-order valence-electron chi connectivity index (χ1n) is 8.90. The highest BCUT2D eigenvalue weighted by molar-refractivity contribution is 5.85. The number of carbonyl (C=O) groups is 1. The Hall–Kier alpha value is -1.10.